The third-order valence-electron chi connectivity index (χ3n) is 4.15. The molecule has 1 fully saturated rings. The van der Waals surface area contributed by atoms with Gasteiger partial charge in [-0.15, -0.1) is 9.24 Å². The van der Waals surface area contributed by atoms with Crippen LogP contribution in [0.2, 0.25) is 0 Å². The van der Waals surface area contributed by atoms with E-state index in [2.05, 4.69) is 14.2 Å². The average molecular weight is 330 g/mol. The van der Waals surface area contributed by atoms with E-state index < -0.39 is 0 Å². The highest BCUT2D eigenvalue weighted by Crippen LogP contribution is 2.43. The van der Waals surface area contributed by atoms with Crippen LogP contribution in [-0.4, -0.2) is 9.91 Å². The number of nitrogens with zero attached hydrogens (tertiary/aromatic N) is 2. The van der Waals surface area contributed by atoms with E-state index in [1.807, 2.05) is 26.0 Å². The highest BCUT2D eigenvalue weighted by atomic mass is 31.0. The second-order valence-corrected chi connectivity index (χ2v) is 6.57. The zero-order chi connectivity index (χ0) is 16.6. The summed E-state index contributed by atoms with van der Waals surface area (Å²) in [5.74, 6) is 0.965. The van der Waals surface area contributed by atoms with Crippen molar-refractivity contribution in [2.75, 3.05) is 0 Å². The number of aryl methyl sites for hydroxylation is 2. The molecule has 3 rings (SSSR count). The van der Waals surface area contributed by atoms with Crippen LogP contribution in [0.4, 0.5) is 5.69 Å². The summed E-state index contributed by atoms with van der Waals surface area (Å²) >= 11 is 0. The van der Waals surface area contributed by atoms with Crippen molar-refractivity contribution >= 4 is 20.2 Å². The minimum atomic E-state index is -0.331. The number of aromatic nitrogens is 1. The van der Waals surface area contributed by atoms with Gasteiger partial charge in [0.25, 0.3) is 5.69 Å². The fraction of sp³-hybridized carbons (Fsp3) is 0.353. The fourth-order valence-electron chi connectivity index (χ4n) is 2.69. The summed E-state index contributed by atoms with van der Waals surface area (Å²) in [4.78, 5) is 15.4. The Labute approximate surface area is 137 Å². The molecule has 5 nitrogen and oxygen atoms in total. The van der Waals surface area contributed by atoms with Crippen molar-refractivity contribution < 1.29 is 9.66 Å². The Morgan fingerprint density at radius 2 is 2.13 bits per heavy atom. The van der Waals surface area contributed by atoms with Gasteiger partial charge in [-0.3, -0.25) is 10.1 Å². The summed E-state index contributed by atoms with van der Waals surface area (Å²) in [6.45, 7) is 4.01. The van der Waals surface area contributed by atoms with Crippen LogP contribution in [0.15, 0.2) is 24.3 Å². The van der Waals surface area contributed by atoms with Crippen LogP contribution in [0.5, 0.6) is 5.88 Å². The number of hydrogen-bond acceptors (Lipinski definition) is 4. The Bertz CT molecular complexity index is 773. The molecule has 0 N–H and O–H groups in total. The van der Waals surface area contributed by atoms with Crippen LogP contribution in [0.1, 0.15) is 41.1 Å². The molecule has 1 heterocycles. The van der Waals surface area contributed by atoms with Crippen molar-refractivity contribution in [2.45, 2.75) is 39.2 Å². The lowest BCUT2D eigenvalue weighted by Gasteiger charge is -2.13. The lowest BCUT2D eigenvalue weighted by Crippen LogP contribution is -2.09. The van der Waals surface area contributed by atoms with Gasteiger partial charge in [-0.1, -0.05) is 12.1 Å². The minimum absolute atomic E-state index is 0.131. The summed E-state index contributed by atoms with van der Waals surface area (Å²) in [5.41, 5.74) is 3.64. The quantitative estimate of drug-likeness (QED) is 0.478. The predicted molar refractivity (Wildman–Crippen MR) is 92.5 cm³/mol. The summed E-state index contributed by atoms with van der Waals surface area (Å²) in [7, 11) is 2.64. The summed E-state index contributed by atoms with van der Waals surface area (Å²) in [6, 6.07) is 7.26. The monoisotopic (exact) mass is 330 g/mol. The maximum absolute atomic E-state index is 11.3. The molecule has 1 aliphatic rings. The van der Waals surface area contributed by atoms with E-state index >= 15 is 0 Å². The fourth-order valence-corrected chi connectivity index (χ4v) is 3.00. The van der Waals surface area contributed by atoms with Crippen molar-refractivity contribution in [1.82, 2.24) is 4.98 Å². The van der Waals surface area contributed by atoms with Crippen LogP contribution < -0.4 is 10.0 Å². The SMILES string of the molecule is Cc1cc(P)c(C)nc1OCc1c(C2CC2)cccc1[N+](=O)[O-]. The van der Waals surface area contributed by atoms with Crippen LogP contribution in [0.25, 0.3) is 0 Å². The predicted octanol–water partition coefficient (Wildman–Crippen LogP) is 3.56. The molecule has 0 bridgehead atoms. The van der Waals surface area contributed by atoms with Gasteiger partial charge in [0, 0.05) is 17.3 Å². The van der Waals surface area contributed by atoms with Crippen molar-refractivity contribution in [3.63, 3.8) is 0 Å². The van der Waals surface area contributed by atoms with E-state index in [9.17, 15) is 10.1 Å². The molecule has 1 unspecified atom stereocenters. The van der Waals surface area contributed by atoms with E-state index in [1.165, 1.54) is 0 Å². The molecule has 1 atom stereocenters. The molecule has 0 spiro atoms. The van der Waals surface area contributed by atoms with Gasteiger partial charge in [0.2, 0.25) is 5.88 Å². The number of ether oxygens (including phenoxy) is 1. The highest BCUT2D eigenvalue weighted by molar-refractivity contribution is 7.27. The van der Waals surface area contributed by atoms with Gasteiger partial charge in [-0.05, 0) is 49.5 Å². The van der Waals surface area contributed by atoms with Crippen LogP contribution in [0, 0.1) is 24.0 Å². The second-order valence-electron chi connectivity index (χ2n) is 5.95. The Morgan fingerprint density at radius 1 is 1.39 bits per heavy atom. The molecule has 1 saturated carbocycles. The van der Waals surface area contributed by atoms with Crippen molar-refractivity contribution in [1.29, 1.82) is 0 Å². The molecule has 120 valence electrons. The van der Waals surface area contributed by atoms with E-state index in [4.69, 9.17) is 4.74 Å². The lowest BCUT2D eigenvalue weighted by molar-refractivity contribution is -0.385. The first kappa shape index (κ1) is 15.9. The number of pyridine rings is 1. The Balaban J connectivity index is 1.91. The van der Waals surface area contributed by atoms with Gasteiger partial charge in [-0.25, -0.2) is 4.98 Å². The highest BCUT2D eigenvalue weighted by Gasteiger charge is 2.30. The standard InChI is InChI=1S/C17H19N2O3P/c1-10-8-16(23)11(2)18-17(10)22-9-14-13(12-6-7-12)4-3-5-15(14)19(20)21/h3-5,8,12H,6-7,9,23H2,1-2H3. The molecular formula is C17H19N2O3P. The van der Waals surface area contributed by atoms with Gasteiger partial charge >= 0.3 is 0 Å². The zero-order valence-electron chi connectivity index (χ0n) is 13.2. The number of rotatable bonds is 5. The van der Waals surface area contributed by atoms with Crippen molar-refractivity contribution in [2.24, 2.45) is 0 Å². The average Bonchev–Trinajstić information content (AvgIpc) is 3.34. The number of benzene rings is 1. The van der Waals surface area contributed by atoms with Crippen molar-refractivity contribution in [3.05, 3.63) is 56.8 Å². The van der Waals surface area contributed by atoms with E-state index in [0.29, 0.717) is 17.4 Å². The molecule has 1 aromatic carbocycles. The minimum Gasteiger partial charge on any atom is -0.472 e. The Kier molecular flexibility index (Phi) is 4.31. The molecule has 0 aliphatic heterocycles. The van der Waals surface area contributed by atoms with E-state index in [1.54, 1.807) is 12.1 Å². The summed E-state index contributed by atoms with van der Waals surface area (Å²) in [6.07, 6.45) is 2.18. The number of nitro groups is 1. The maximum atomic E-state index is 11.3. The molecule has 0 saturated heterocycles. The van der Waals surface area contributed by atoms with Gasteiger partial charge in [-0.2, -0.15) is 0 Å². The van der Waals surface area contributed by atoms with Crippen molar-refractivity contribution in [3.8, 4) is 5.88 Å². The summed E-state index contributed by atoms with van der Waals surface area (Å²) in [5, 5.41) is 12.4. The molecule has 6 heteroatoms. The second kappa shape index (κ2) is 6.25. The first-order valence-corrected chi connectivity index (χ1v) is 8.17. The molecule has 0 amide bonds. The van der Waals surface area contributed by atoms with Crippen LogP contribution >= 0.6 is 9.24 Å². The molecule has 1 aliphatic carbocycles. The van der Waals surface area contributed by atoms with Gasteiger partial charge < -0.3 is 4.74 Å². The molecular weight excluding hydrogens is 311 g/mol. The smallest absolute Gasteiger partial charge is 0.276 e. The Morgan fingerprint density at radius 3 is 2.78 bits per heavy atom. The first-order chi connectivity index (χ1) is 11.0. The largest absolute Gasteiger partial charge is 0.472 e. The molecule has 0 radical (unpaired) electrons. The first-order valence-electron chi connectivity index (χ1n) is 7.60. The summed E-state index contributed by atoms with van der Waals surface area (Å²) < 4.78 is 5.84. The molecule has 1 aromatic heterocycles. The normalized spacial score (nSPS) is 13.9. The van der Waals surface area contributed by atoms with E-state index in [0.717, 1.165) is 35.0 Å². The molecule has 2 aromatic rings. The lowest BCUT2D eigenvalue weighted by atomic mass is 10.0. The maximum Gasteiger partial charge on any atom is 0.276 e. The van der Waals surface area contributed by atoms with Gasteiger partial charge in [0.15, 0.2) is 0 Å². The molecule has 23 heavy (non-hydrogen) atoms. The van der Waals surface area contributed by atoms with Crippen LogP contribution in [-0.2, 0) is 6.61 Å². The van der Waals surface area contributed by atoms with E-state index in [-0.39, 0.29) is 17.2 Å². The topological polar surface area (TPSA) is 65.3 Å². The Hall–Kier alpha value is -2.00. The number of hydrogen-bond donors (Lipinski definition) is 0. The number of nitro benzene ring substituents is 1. The zero-order valence-corrected chi connectivity index (χ0v) is 14.4. The third kappa shape index (κ3) is 3.35. The third-order valence-corrected chi connectivity index (χ3v) is 4.74. The van der Waals surface area contributed by atoms with Gasteiger partial charge in [0.05, 0.1) is 10.5 Å². The van der Waals surface area contributed by atoms with Gasteiger partial charge in [0.1, 0.15) is 6.61 Å². The van der Waals surface area contributed by atoms with Crippen LogP contribution in [0.3, 0.4) is 0 Å².